The molecule has 0 saturated carbocycles. The number of hydrogen-bond acceptors (Lipinski definition) is 2. The molecule has 1 aliphatic heterocycles. The molecule has 1 rings (SSSR count). The van der Waals surface area contributed by atoms with Gasteiger partial charge < -0.3 is 0 Å². The summed E-state index contributed by atoms with van der Waals surface area (Å²) in [6.07, 6.45) is 29.9. The third-order valence-corrected chi connectivity index (χ3v) is 5.63. The van der Waals surface area contributed by atoms with Crippen molar-refractivity contribution in [3.8, 4) is 0 Å². The Kier molecular flexibility index (Phi) is 17.7. The number of nitrogens with one attached hydrogen (secondary N) is 1. The largest absolute Gasteiger partial charge is 0.255 e. The van der Waals surface area contributed by atoms with Crippen molar-refractivity contribution in [3.05, 3.63) is 12.2 Å². The van der Waals surface area contributed by atoms with E-state index in [0.717, 1.165) is 0 Å². The molecule has 2 nitrogen and oxygen atoms in total. The van der Waals surface area contributed by atoms with E-state index < -0.39 is 0 Å². The van der Waals surface area contributed by atoms with E-state index in [4.69, 9.17) is 0 Å². The summed E-state index contributed by atoms with van der Waals surface area (Å²) in [6.45, 7) is 5.98. The van der Waals surface area contributed by atoms with Crippen LogP contribution in [0, 0.1) is 0 Å². The van der Waals surface area contributed by atoms with Crippen molar-refractivity contribution in [1.29, 1.82) is 0 Å². The molecule has 0 atom stereocenters. The van der Waals surface area contributed by atoms with Gasteiger partial charge in [-0.1, -0.05) is 89.7 Å². The first-order chi connectivity index (χ1) is 12.9. The maximum atomic E-state index is 3.64. The number of hydrazine groups is 1. The van der Waals surface area contributed by atoms with Crippen LogP contribution in [0.1, 0.15) is 122 Å². The quantitative estimate of drug-likeness (QED) is 0.213. The average molecular weight is 365 g/mol. The third-order valence-electron chi connectivity index (χ3n) is 5.63. The number of allylic oxidation sites excluding steroid dienone is 2. The second kappa shape index (κ2) is 19.4. The predicted octanol–water partition coefficient (Wildman–Crippen LogP) is 7.40. The molecule has 154 valence electrons. The summed E-state index contributed by atoms with van der Waals surface area (Å²) in [7, 11) is 0. The van der Waals surface area contributed by atoms with Crippen LogP contribution < -0.4 is 5.43 Å². The molecule has 0 amide bonds. The Morgan fingerprint density at radius 3 is 1.69 bits per heavy atom. The number of unbranched alkanes of at least 4 members (excludes halogenated alkanes) is 12. The molecule has 0 aromatic carbocycles. The normalized spacial score (nSPS) is 16.3. The average Bonchev–Trinajstić information content (AvgIpc) is 2.93. The first-order valence-electron chi connectivity index (χ1n) is 12.1. The fourth-order valence-electron chi connectivity index (χ4n) is 3.84. The highest BCUT2D eigenvalue weighted by Gasteiger charge is 2.07. The minimum Gasteiger partial charge on any atom is -0.255 e. The summed E-state index contributed by atoms with van der Waals surface area (Å²) < 4.78 is 0. The van der Waals surface area contributed by atoms with E-state index in [9.17, 15) is 0 Å². The lowest BCUT2D eigenvalue weighted by molar-refractivity contribution is 0.193. The van der Waals surface area contributed by atoms with Crippen LogP contribution in [-0.2, 0) is 0 Å². The second-order valence-electron chi connectivity index (χ2n) is 8.25. The molecule has 0 spiro atoms. The van der Waals surface area contributed by atoms with E-state index in [1.54, 1.807) is 0 Å². The van der Waals surface area contributed by atoms with Crippen LogP contribution in [0.5, 0.6) is 0 Å². The van der Waals surface area contributed by atoms with Crippen LogP contribution in [0.2, 0.25) is 0 Å². The Bertz CT molecular complexity index is 293. The molecule has 0 aliphatic carbocycles. The molecular weight excluding hydrogens is 316 g/mol. The van der Waals surface area contributed by atoms with Gasteiger partial charge in [-0.05, 0) is 44.9 Å². The van der Waals surface area contributed by atoms with Gasteiger partial charge in [0.25, 0.3) is 0 Å². The summed E-state index contributed by atoms with van der Waals surface area (Å²) in [5, 5.41) is 2.46. The van der Waals surface area contributed by atoms with Gasteiger partial charge in [0.05, 0.1) is 0 Å². The molecule has 0 unspecified atom stereocenters. The van der Waals surface area contributed by atoms with Crippen molar-refractivity contribution in [2.45, 2.75) is 122 Å². The van der Waals surface area contributed by atoms with Gasteiger partial charge in [-0.2, -0.15) is 0 Å². The molecule has 1 saturated heterocycles. The van der Waals surface area contributed by atoms with E-state index >= 15 is 0 Å². The van der Waals surface area contributed by atoms with Gasteiger partial charge in [-0.3, -0.25) is 5.43 Å². The van der Waals surface area contributed by atoms with Crippen molar-refractivity contribution in [1.82, 2.24) is 10.4 Å². The molecule has 0 aromatic rings. The van der Waals surface area contributed by atoms with Crippen molar-refractivity contribution in [3.63, 3.8) is 0 Å². The summed E-state index contributed by atoms with van der Waals surface area (Å²) >= 11 is 0. The second-order valence-corrected chi connectivity index (χ2v) is 8.25. The fraction of sp³-hybridized carbons (Fsp3) is 0.917. The molecule has 0 radical (unpaired) electrons. The van der Waals surface area contributed by atoms with E-state index in [2.05, 4.69) is 29.5 Å². The summed E-state index contributed by atoms with van der Waals surface area (Å²) in [6, 6.07) is 0. The topological polar surface area (TPSA) is 15.3 Å². The maximum absolute atomic E-state index is 3.64. The number of hydrogen-bond donors (Lipinski definition) is 1. The smallest absolute Gasteiger partial charge is 0.0130 e. The lowest BCUT2D eigenvalue weighted by Gasteiger charge is -2.20. The van der Waals surface area contributed by atoms with Crippen molar-refractivity contribution < 1.29 is 0 Å². The van der Waals surface area contributed by atoms with Gasteiger partial charge in [0.2, 0.25) is 0 Å². The zero-order chi connectivity index (χ0) is 18.5. The molecule has 26 heavy (non-hydrogen) atoms. The first-order valence-corrected chi connectivity index (χ1v) is 12.1. The Morgan fingerprint density at radius 2 is 1.12 bits per heavy atom. The van der Waals surface area contributed by atoms with Crippen molar-refractivity contribution in [2.75, 3.05) is 19.6 Å². The highest BCUT2D eigenvalue weighted by atomic mass is 15.5. The lowest BCUT2D eigenvalue weighted by atomic mass is 10.1. The van der Waals surface area contributed by atoms with Crippen molar-refractivity contribution >= 4 is 0 Å². The van der Waals surface area contributed by atoms with Crippen LogP contribution in [0.25, 0.3) is 0 Å². The van der Waals surface area contributed by atoms with Crippen LogP contribution >= 0.6 is 0 Å². The van der Waals surface area contributed by atoms with E-state index in [-0.39, 0.29) is 0 Å². The standard InChI is InChI=1S/C24H48N2/c1-2-3-4-5-6-7-8-9-10-11-12-13-14-15-16-19-22-25-26-23-20-17-18-21-24-26/h9-10,25H,2-8,11-24H2,1H3/b10-9-. The first kappa shape index (κ1) is 23.7. The zero-order valence-electron chi connectivity index (χ0n) is 18.0. The minimum absolute atomic E-state index is 1.18. The molecule has 1 heterocycles. The van der Waals surface area contributed by atoms with E-state index in [1.165, 1.54) is 135 Å². The SMILES string of the molecule is CCCCCCCC/C=C\CCCCCCCCNN1CCCCCC1. The summed E-state index contributed by atoms with van der Waals surface area (Å²) in [4.78, 5) is 0. The monoisotopic (exact) mass is 364 g/mol. The van der Waals surface area contributed by atoms with Gasteiger partial charge in [0.1, 0.15) is 0 Å². The highest BCUT2D eigenvalue weighted by molar-refractivity contribution is 4.81. The van der Waals surface area contributed by atoms with Gasteiger partial charge in [0.15, 0.2) is 0 Å². The molecule has 0 aromatic heterocycles. The van der Waals surface area contributed by atoms with Gasteiger partial charge in [0, 0.05) is 19.6 Å². The molecule has 1 N–H and O–H groups in total. The lowest BCUT2D eigenvalue weighted by Crippen LogP contribution is -2.39. The Morgan fingerprint density at radius 1 is 0.615 bits per heavy atom. The van der Waals surface area contributed by atoms with Crippen LogP contribution in [0.15, 0.2) is 12.2 Å². The third kappa shape index (κ3) is 15.9. The molecule has 1 fully saturated rings. The Labute approximate surface area is 165 Å². The number of rotatable bonds is 17. The van der Waals surface area contributed by atoms with Crippen LogP contribution in [0.4, 0.5) is 0 Å². The maximum Gasteiger partial charge on any atom is 0.0130 e. The molecule has 2 heteroatoms. The highest BCUT2D eigenvalue weighted by Crippen LogP contribution is 2.10. The molecular formula is C24H48N2. The summed E-state index contributed by atoms with van der Waals surface area (Å²) in [5.74, 6) is 0. The van der Waals surface area contributed by atoms with Crippen molar-refractivity contribution in [2.24, 2.45) is 0 Å². The summed E-state index contributed by atoms with van der Waals surface area (Å²) in [5.41, 5.74) is 3.64. The van der Waals surface area contributed by atoms with Gasteiger partial charge in [-0.15, -0.1) is 0 Å². The van der Waals surface area contributed by atoms with Gasteiger partial charge >= 0.3 is 0 Å². The van der Waals surface area contributed by atoms with E-state index in [0.29, 0.717) is 0 Å². The minimum atomic E-state index is 1.18. The zero-order valence-corrected chi connectivity index (χ0v) is 18.0. The Hall–Kier alpha value is -0.340. The van der Waals surface area contributed by atoms with Gasteiger partial charge in [-0.25, -0.2) is 5.01 Å². The molecule has 0 bridgehead atoms. The number of nitrogens with zero attached hydrogens (tertiary/aromatic N) is 1. The van der Waals surface area contributed by atoms with Crippen LogP contribution in [-0.4, -0.2) is 24.6 Å². The van der Waals surface area contributed by atoms with Crippen LogP contribution in [0.3, 0.4) is 0 Å². The van der Waals surface area contributed by atoms with E-state index in [1.807, 2.05) is 0 Å². The fourth-order valence-corrected chi connectivity index (χ4v) is 3.84. The molecule has 1 aliphatic rings. The predicted molar refractivity (Wildman–Crippen MR) is 117 cm³/mol. The Balaban J connectivity index is 1.73.